The molecule has 0 radical (unpaired) electrons. The quantitative estimate of drug-likeness (QED) is 0.906. The van der Waals surface area contributed by atoms with Gasteiger partial charge in [-0.1, -0.05) is 23.7 Å². The Balaban J connectivity index is 1.92. The largest absolute Gasteiger partial charge is 0.372 e. The summed E-state index contributed by atoms with van der Waals surface area (Å²) in [6.07, 6.45) is 0.197. The van der Waals surface area contributed by atoms with Crippen molar-refractivity contribution in [2.45, 2.75) is 6.42 Å². The summed E-state index contributed by atoms with van der Waals surface area (Å²) in [6, 6.07) is 13.0. The number of benzene rings is 2. The van der Waals surface area contributed by atoms with Gasteiger partial charge in [0.25, 0.3) is 0 Å². The van der Waals surface area contributed by atoms with Crippen molar-refractivity contribution in [3.8, 4) is 6.07 Å². The highest BCUT2D eigenvalue weighted by Gasteiger charge is 2.10. The number of anilines is 2. The number of hydrogen-bond acceptors (Lipinski definition) is 3. The first-order valence-electron chi connectivity index (χ1n) is 6.96. The van der Waals surface area contributed by atoms with Crippen molar-refractivity contribution in [3.05, 3.63) is 58.9 Å². The maximum atomic E-state index is 13.6. The second-order valence-electron chi connectivity index (χ2n) is 4.98. The third-order valence-corrected chi connectivity index (χ3v) is 3.62. The number of rotatable bonds is 5. The third kappa shape index (κ3) is 4.44. The lowest BCUT2D eigenvalue weighted by Gasteiger charge is -2.19. The zero-order valence-electron chi connectivity index (χ0n) is 12.5. The molecule has 1 N–H and O–H groups in total. The van der Waals surface area contributed by atoms with Gasteiger partial charge in [0.1, 0.15) is 11.9 Å². The molecular formula is C17H15ClFN3O. The fraction of sp³-hybridized carbons (Fsp3) is 0.176. The summed E-state index contributed by atoms with van der Waals surface area (Å²) in [5.41, 5.74) is 1.32. The minimum Gasteiger partial charge on any atom is -0.372 e. The van der Waals surface area contributed by atoms with Gasteiger partial charge in [0, 0.05) is 25.7 Å². The van der Waals surface area contributed by atoms with Crippen LogP contribution in [0.25, 0.3) is 0 Å². The molecule has 0 saturated carbocycles. The summed E-state index contributed by atoms with van der Waals surface area (Å²) >= 11 is 5.91. The summed E-state index contributed by atoms with van der Waals surface area (Å²) in [7, 11) is 1.73. The normalized spacial score (nSPS) is 10.0. The molecule has 0 aliphatic rings. The molecule has 23 heavy (non-hydrogen) atoms. The van der Waals surface area contributed by atoms with Gasteiger partial charge in [-0.15, -0.1) is 0 Å². The Labute approximate surface area is 139 Å². The Hall–Kier alpha value is -2.58. The fourth-order valence-electron chi connectivity index (χ4n) is 2.06. The first kappa shape index (κ1) is 16.8. The molecule has 2 aromatic rings. The molecule has 1 amide bonds. The van der Waals surface area contributed by atoms with Crippen LogP contribution in [0.2, 0.25) is 5.02 Å². The van der Waals surface area contributed by atoms with E-state index in [2.05, 4.69) is 5.32 Å². The van der Waals surface area contributed by atoms with Crippen LogP contribution in [-0.4, -0.2) is 19.5 Å². The van der Waals surface area contributed by atoms with Crippen molar-refractivity contribution in [1.82, 2.24) is 0 Å². The maximum Gasteiger partial charge on any atom is 0.226 e. The van der Waals surface area contributed by atoms with Gasteiger partial charge < -0.3 is 10.2 Å². The monoisotopic (exact) mass is 331 g/mol. The lowest BCUT2D eigenvalue weighted by Crippen LogP contribution is -2.24. The Morgan fingerprint density at radius 2 is 2.09 bits per heavy atom. The van der Waals surface area contributed by atoms with E-state index >= 15 is 0 Å². The predicted octanol–water partition coefficient (Wildman–Crippen LogP) is 3.82. The van der Waals surface area contributed by atoms with Crippen molar-refractivity contribution in [2.75, 3.05) is 23.8 Å². The van der Waals surface area contributed by atoms with Crippen molar-refractivity contribution in [1.29, 1.82) is 5.26 Å². The molecule has 0 fully saturated rings. The van der Waals surface area contributed by atoms with Crippen LogP contribution in [0.5, 0.6) is 0 Å². The second-order valence-corrected chi connectivity index (χ2v) is 5.38. The summed E-state index contributed by atoms with van der Waals surface area (Å²) in [5, 5.41) is 11.8. The van der Waals surface area contributed by atoms with Crippen molar-refractivity contribution >= 4 is 28.9 Å². The van der Waals surface area contributed by atoms with E-state index in [1.54, 1.807) is 42.3 Å². The molecule has 0 atom stereocenters. The average molecular weight is 332 g/mol. The smallest absolute Gasteiger partial charge is 0.226 e. The van der Waals surface area contributed by atoms with Gasteiger partial charge in [0.15, 0.2) is 0 Å². The van der Waals surface area contributed by atoms with Crippen LogP contribution in [0.3, 0.4) is 0 Å². The number of carbonyl (C=O) groups is 1. The molecule has 0 heterocycles. The molecule has 0 bridgehead atoms. The average Bonchev–Trinajstić information content (AvgIpc) is 2.53. The zero-order valence-corrected chi connectivity index (χ0v) is 13.3. The molecule has 6 heteroatoms. The minimum absolute atomic E-state index is 0.197. The van der Waals surface area contributed by atoms with Crippen LogP contribution in [0.15, 0.2) is 42.5 Å². The van der Waals surface area contributed by atoms with Gasteiger partial charge in [-0.25, -0.2) is 4.39 Å². The van der Waals surface area contributed by atoms with E-state index in [0.717, 1.165) is 0 Å². The molecule has 0 unspecified atom stereocenters. The zero-order chi connectivity index (χ0) is 16.8. The number of nitrogens with one attached hydrogen (secondary N) is 1. The van der Waals surface area contributed by atoms with E-state index in [-0.39, 0.29) is 23.2 Å². The number of hydrogen-bond donors (Lipinski definition) is 1. The molecule has 4 nitrogen and oxygen atoms in total. The number of nitrogens with zero attached hydrogens (tertiary/aromatic N) is 2. The van der Waals surface area contributed by atoms with Crippen LogP contribution in [0.1, 0.15) is 12.0 Å². The van der Waals surface area contributed by atoms with E-state index < -0.39 is 0 Å². The number of carbonyl (C=O) groups excluding carboxylic acids is 1. The van der Waals surface area contributed by atoms with Crippen LogP contribution < -0.4 is 10.2 Å². The van der Waals surface area contributed by atoms with Crippen LogP contribution in [0, 0.1) is 17.1 Å². The standard InChI is InChI=1S/C17H15ClFN3O/c1-22(16-5-3-2-4-15(16)19)9-8-17(23)21-13-7-6-12(11-20)14(18)10-13/h2-7,10H,8-9H2,1H3,(H,21,23). The molecule has 2 rings (SSSR count). The molecule has 0 aromatic heterocycles. The lowest BCUT2D eigenvalue weighted by atomic mass is 10.2. The van der Waals surface area contributed by atoms with Crippen molar-refractivity contribution in [2.24, 2.45) is 0 Å². The molecule has 0 aliphatic heterocycles. The van der Waals surface area contributed by atoms with E-state index in [1.807, 2.05) is 6.07 Å². The fourth-order valence-corrected chi connectivity index (χ4v) is 2.28. The Kier molecular flexibility index (Phi) is 5.56. The van der Waals surface area contributed by atoms with Gasteiger partial charge >= 0.3 is 0 Å². The summed E-state index contributed by atoms with van der Waals surface area (Å²) in [5.74, 6) is -0.539. The summed E-state index contributed by atoms with van der Waals surface area (Å²) < 4.78 is 13.6. The summed E-state index contributed by atoms with van der Waals surface area (Å²) in [4.78, 5) is 13.6. The van der Waals surface area contributed by atoms with E-state index in [1.165, 1.54) is 12.1 Å². The van der Waals surface area contributed by atoms with E-state index in [4.69, 9.17) is 16.9 Å². The van der Waals surface area contributed by atoms with Crippen molar-refractivity contribution in [3.63, 3.8) is 0 Å². The highest BCUT2D eigenvalue weighted by Crippen LogP contribution is 2.21. The van der Waals surface area contributed by atoms with Gasteiger partial charge in [-0.3, -0.25) is 4.79 Å². The minimum atomic E-state index is -0.325. The number of nitriles is 1. The van der Waals surface area contributed by atoms with E-state index in [0.29, 0.717) is 23.5 Å². The highest BCUT2D eigenvalue weighted by atomic mass is 35.5. The molecule has 2 aromatic carbocycles. The van der Waals surface area contributed by atoms with Crippen molar-refractivity contribution < 1.29 is 9.18 Å². The van der Waals surface area contributed by atoms with Gasteiger partial charge in [-0.05, 0) is 30.3 Å². The van der Waals surface area contributed by atoms with Crippen LogP contribution in [0.4, 0.5) is 15.8 Å². The Bertz CT molecular complexity index is 758. The first-order chi connectivity index (χ1) is 11.0. The van der Waals surface area contributed by atoms with Crippen LogP contribution >= 0.6 is 11.6 Å². The van der Waals surface area contributed by atoms with Gasteiger partial charge in [-0.2, -0.15) is 5.26 Å². The third-order valence-electron chi connectivity index (χ3n) is 3.31. The Morgan fingerprint density at radius 1 is 1.35 bits per heavy atom. The molecule has 118 valence electrons. The van der Waals surface area contributed by atoms with Crippen LogP contribution in [-0.2, 0) is 4.79 Å². The molecular weight excluding hydrogens is 317 g/mol. The lowest BCUT2D eigenvalue weighted by molar-refractivity contribution is -0.116. The molecule has 0 aliphatic carbocycles. The van der Waals surface area contributed by atoms with Gasteiger partial charge in [0.05, 0.1) is 16.3 Å². The summed E-state index contributed by atoms with van der Waals surface area (Å²) in [6.45, 7) is 0.372. The predicted molar refractivity (Wildman–Crippen MR) is 89.1 cm³/mol. The van der Waals surface area contributed by atoms with Gasteiger partial charge in [0.2, 0.25) is 5.91 Å². The topological polar surface area (TPSA) is 56.1 Å². The molecule has 0 saturated heterocycles. The van der Waals surface area contributed by atoms with E-state index in [9.17, 15) is 9.18 Å². The first-order valence-corrected chi connectivity index (χ1v) is 7.34. The highest BCUT2D eigenvalue weighted by molar-refractivity contribution is 6.32. The second kappa shape index (κ2) is 7.61. The SMILES string of the molecule is CN(CCC(=O)Nc1ccc(C#N)c(Cl)c1)c1ccccc1F. The maximum absolute atomic E-state index is 13.6. The molecule has 0 spiro atoms. The Morgan fingerprint density at radius 3 is 2.74 bits per heavy atom. The number of amides is 1. The number of halogens is 2. The number of para-hydroxylation sites is 1.